The molecule has 0 unspecified atom stereocenters. The molecule has 1 saturated heterocycles. The molecule has 0 saturated carbocycles. The molecule has 0 aromatic carbocycles. The van der Waals surface area contributed by atoms with Crippen molar-refractivity contribution < 1.29 is 28.9 Å². The van der Waals surface area contributed by atoms with Gasteiger partial charge in [0, 0.05) is 19.3 Å². The van der Waals surface area contributed by atoms with Gasteiger partial charge < -0.3 is 4.90 Å². The highest BCUT2D eigenvalue weighted by atomic mass is 35.7. The molecule has 5 nitrogen and oxygen atoms in total. The maximum atomic E-state index is 8.60. The molecule has 1 rings (SSSR count). The van der Waals surface area contributed by atoms with Gasteiger partial charge in [0.25, 0.3) is 0 Å². The van der Waals surface area contributed by atoms with Gasteiger partial charge in [-0.25, -0.2) is 0 Å². The number of likely N-dealkylation sites (tertiary alicyclic amines) is 1. The fourth-order valence-corrected chi connectivity index (χ4v) is 1.31. The quantitative estimate of drug-likeness (QED) is 0.564. The molecule has 0 bridgehead atoms. The van der Waals surface area contributed by atoms with Crippen molar-refractivity contribution >= 4 is 0 Å². The maximum absolute atomic E-state index is 8.60. The van der Waals surface area contributed by atoms with Gasteiger partial charge in [-0.15, -0.1) is 6.58 Å². The molecule has 1 aliphatic heterocycles. The molecule has 6 heteroatoms. The van der Waals surface area contributed by atoms with Crippen molar-refractivity contribution in [3.05, 3.63) is 24.4 Å². The van der Waals surface area contributed by atoms with Gasteiger partial charge in [-0.05, 0) is 19.3 Å². The lowest BCUT2D eigenvalue weighted by atomic mass is 10.2. The molecular weight excluding hydrogens is 222 g/mol. The first-order valence-electron chi connectivity index (χ1n) is 4.49. The SMILES string of the molecule is C=CCC=C1CCCN1C.[O-][Cl+3]([O-])([O-])O. The van der Waals surface area contributed by atoms with Crippen molar-refractivity contribution in [2.75, 3.05) is 13.6 Å². The van der Waals surface area contributed by atoms with Crippen LogP contribution < -0.4 is 14.0 Å². The minimum Gasteiger partial charge on any atom is -0.378 e. The standard InChI is InChI=1S/C9H15N.ClHO4/c1-3-4-6-9-7-5-8-10(9)2;2-1(3,4)5/h3,6H,1,4-5,7-8H2,2H3;(H,2,3,4,5). The summed E-state index contributed by atoms with van der Waals surface area (Å²) in [5.74, 6) is 0. The Labute approximate surface area is 91.7 Å². The summed E-state index contributed by atoms with van der Waals surface area (Å²) in [7, 11) is -2.54. The van der Waals surface area contributed by atoms with Crippen LogP contribution in [0.2, 0.25) is 0 Å². The molecule has 0 atom stereocenters. The third-order valence-electron chi connectivity index (χ3n) is 1.94. The summed E-state index contributed by atoms with van der Waals surface area (Å²) >= 11 is 0. The Morgan fingerprint density at radius 2 is 2.07 bits per heavy atom. The van der Waals surface area contributed by atoms with Gasteiger partial charge in [0.15, 0.2) is 0 Å². The van der Waals surface area contributed by atoms with Crippen LogP contribution in [0.1, 0.15) is 19.3 Å². The van der Waals surface area contributed by atoms with E-state index in [9.17, 15) is 0 Å². The van der Waals surface area contributed by atoms with E-state index < -0.39 is 10.2 Å². The lowest BCUT2D eigenvalue weighted by Crippen LogP contribution is -2.58. The molecule has 0 aliphatic carbocycles. The third kappa shape index (κ3) is 9.71. The molecule has 1 N–H and O–H groups in total. The van der Waals surface area contributed by atoms with Gasteiger partial charge in [0.1, 0.15) is 0 Å². The summed E-state index contributed by atoms with van der Waals surface area (Å²) in [5.41, 5.74) is 1.49. The zero-order valence-electron chi connectivity index (χ0n) is 8.69. The van der Waals surface area contributed by atoms with Crippen molar-refractivity contribution in [1.82, 2.24) is 4.90 Å². The normalized spacial score (nSPS) is 18.7. The van der Waals surface area contributed by atoms with Crippen LogP contribution in [0, 0.1) is 10.2 Å². The van der Waals surface area contributed by atoms with Crippen molar-refractivity contribution in [2.45, 2.75) is 19.3 Å². The predicted molar refractivity (Wildman–Crippen MR) is 47.0 cm³/mol. The van der Waals surface area contributed by atoms with Gasteiger partial charge in [-0.2, -0.15) is 14.0 Å². The average Bonchev–Trinajstić information content (AvgIpc) is 2.45. The van der Waals surface area contributed by atoms with Gasteiger partial charge in [-0.3, -0.25) is 0 Å². The molecule has 1 heterocycles. The zero-order valence-corrected chi connectivity index (χ0v) is 9.44. The topological polar surface area (TPSA) is 92.7 Å². The average molecular weight is 238 g/mol. The van der Waals surface area contributed by atoms with Crippen LogP contribution in [0.15, 0.2) is 24.4 Å². The highest BCUT2D eigenvalue weighted by Gasteiger charge is 2.10. The molecule has 88 valence electrons. The van der Waals surface area contributed by atoms with Crippen LogP contribution in [-0.2, 0) is 0 Å². The fraction of sp³-hybridized carbons (Fsp3) is 0.556. The van der Waals surface area contributed by atoms with Crippen molar-refractivity contribution in [3.8, 4) is 0 Å². The van der Waals surface area contributed by atoms with Gasteiger partial charge in [-0.1, -0.05) is 12.2 Å². The molecule has 0 amide bonds. The van der Waals surface area contributed by atoms with E-state index in [4.69, 9.17) is 18.6 Å². The number of allylic oxidation sites excluding steroid dienone is 3. The Morgan fingerprint density at radius 3 is 2.40 bits per heavy atom. The highest BCUT2D eigenvalue weighted by molar-refractivity contribution is 5.06. The second-order valence-corrected chi connectivity index (χ2v) is 3.93. The lowest BCUT2D eigenvalue weighted by Gasteiger charge is -2.11. The van der Waals surface area contributed by atoms with Crippen LogP contribution >= 0.6 is 0 Å². The fourth-order valence-electron chi connectivity index (χ4n) is 1.31. The Balaban J connectivity index is 0.000000336. The maximum Gasteiger partial charge on any atom is 0.0777 e. The number of hydrogen-bond donors (Lipinski definition) is 1. The van der Waals surface area contributed by atoms with E-state index in [2.05, 4.69) is 24.6 Å². The van der Waals surface area contributed by atoms with Crippen LogP contribution in [0.5, 0.6) is 0 Å². The van der Waals surface area contributed by atoms with E-state index in [1.165, 1.54) is 25.1 Å². The summed E-state index contributed by atoms with van der Waals surface area (Å²) in [6, 6.07) is 0. The molecular formula is C9H16ClNO4. The molecule has 0 spiro atoms. The lowest BCUT2D eigenvalue weighted by molar-refractivity contribution is -1.92. The first kappa shape index (κ1) is 14.4. The van der Waals surface area contributed by atoms with E-state index in [-0.39, 0.29) is 0 Å². The van der Waals surface area contributed by atoms with Gasteiger partial charge in [0.05, 0.1) is 14.9 Å². The summed E-state index contributed by atoms with van der Waals surface area (Å²) < 4.78 is 32.7. The summed E-state index contributed by atoms with van der Waals surface area (Å²) in [5, 5.41) is 0. The van der Waals surface area contributed by atoms with Crippen LogP contribution in [0.4, 0.5) is 0 Å². The molecule has 1 fully saturated rings. The van der Waals surface area contributed by atoms with E-state index in [0.29, 0.717) is 0 Å². The van der Waals surface area contributed by atoms with Gasteiger partial charge >= 0.3 is 0 Å². The predicted octanol–water partition coefficient (Wildman–Crippen LogP) is -1.95. The van der Waals surface area contributed by atoms with E-state index in [1.54, 1.807) is 0 Å². The Kier molecular flexibility index (Phi) is 6.55. The van der Waals surface area contributed by atoms with Gasteiger partial charge in [0.2, 0.25) is 0 Å². The Hall–Kier alpha value is -0.590. The smallest absolute Gasteiger partial charge is 0.0777 e. The second kappa shape index (κ2) is 6.81. The monoisotopic (exact) mass is 237 g/mol. The van der Waals surface area contributed by atoms with Crippen LogP contribution in [0.3, 0.4) is 0 Å². The molecule has 0 aromatic heterocycles. The largest absolute Gasteiger partial charge is 0.378 e. The summed E-state index contributed by atoms with van der Waals surface area (Å²) in [6.45, 7) is 4.91. The first-order chi connectivity index (χ1) is 6.84. The number of nitrogens with zero attached hydrogens (tertiary/aromatic N) is 1. The Morgan fingerprint density at radius 1 is 1.53 bits per heavy atom. The van der Waals surface area contributed by atoms with E-state index >= 15 is 0 Å². The summed E-state index contributed by atoms with van der Waals surface area (Å²) in [4.78, 5) is 2.32. The van der Waals surface area contributed by atoms with E-state index in [0.717, 1.165) is 6.42 Å². The molecule has 15 heavy (non-hydrogen) atoms. The molecule has 1 aliphatic rings. The Bertz CT molecular complexity index is 219. The highest BCUT2D eigenvalue weighted by Crippen LogP contribution is 2.18. The minimum atomic E-state index is -4.69. The van der Waals surface area contributed by atoms with Crippen molar-refractivity contribution in [2.24, 2.45) is 0 Å². The first-order valence-corrected chi connectivity index (χ1v) is 5.75. The second-order valence-electron chi connectivity index (χ2n) is 3.14. The molecule has 0 aromatic rings. The van der Waals surface area contributed by atoms with Crippen molar-refractivity contribution in [3.63, 3.8) is 0 Å². The number of rotatable bonds is 2. The zero-order chi connectivity index (χ0) is 11.9. The third-order valence-corrected chi connectivity index (χ3v) is 1.94. The minimum absolute atomic E-state index is 1.01. The van der Waals surface area contributed by atoms with E-state index in [1.807, 2.05) is 6.08 Å². The number of halogens is 1. The van der Waals surface area contributed by atoms with Crippen LogP contribution in [-0.4, -0.2) is 23.2 Å². The van der Waals surface area contributed by atoms with Crippen molar-refractivity contribution in [1.29, 1.82) is 0 Å². The van der Waals surface area contributed by atoms with Crippen LogP contribution in [0.25, 0.3) is 0 Å². The summed E-state index contributed by atoms with van der Waals surface area (Å²) in [6.07, 6.45) is 7.79. The number of hydrogen-bond acceptors (Lipinski definition) is 5. The molecule has 0 radical (unpaired) electrons.